The van der Waals surface area contributed by atoms with E-state index in [0.29, 0.717) is 13.2 Å². The molecule has 100 valence electrons. The highest BCUT2D eigenvalue weighted by Gasteiger charge is 2.07. The van der Waals surface area contributed by atoms with E-state index in [0.717, 1.165) is 15.8 Å². The van der Waals surface area contributed by atoms with E-state index >= 15 is 0 Å². The Bertz CT molecular complexity index is 598. The van der Waals surface area contributed by atoms with Gasteiger partial charge in [-0.05, 0) is 30.7 Å². The number of benzene rings is 1. The Kier molecular flexibility index (Phi) is 4.16. The summed E-state index contributed by atoms with van der Waals surface area (Å²) in [6.45, 7) is 2.81. The van der Waals surface area contributed by atoms with Gasteiger partial charge in [0, 0.05) is 4.47 Å². The average Bonchev–Trinajstić information content (AvgIpc) is 2.83. The third kappa shape index (κ3) is 3.54. The van der Waals surface area contributed by atoms with Crippen LogP contribution in [0.3, 0.4) is 0 Å². The fraction of sp³-hybridized carbons (Fsp3) is 0.250. The van der Waals surface area contributed by atoms with Gasteiger partial charge in [-0.1, -0.05) is 21.1 Å². The molecule has 0 bridgehead atoms. The lowest BCUT2D eigenvalue weighted by Gasteiger charge is -2.07. The first-order valence-electron chi connectivity index (χ1n) is 5.58. The summed E-state index contributed by atoms with van der Waals surface area (Å²) in [4.78, 5) is 10.6. The van der Waals surface area contributed by atoms with E-state index in [9.17, 15) is 4.79 Å². The first-order valence-corrected chi connectivity index (χ1v) is 6.38. The van der Waals surface area contributed by atoms with E-state index in [1.54, 1.807) is 0 Å². The number of hydrogen-bond acceptors (Lipinski definition) is 4. The highest BCUT2D eigenvalue weighted by Crippen LogP contribution is 2.21. The van der Waals surface area contributed by atoms with Gasteiger partial charge in [0.25, 0.3) is 0 Å². The second-order valence-corrected chi connectivity index (χ2v) is 4.79. The number of carboxylic acid groups (broad SMARTS) is 1. The van der Waals surface area contributed by atoms with E-state index in [-0.39, 0.29) is 5.69 Å². The molecule has 1 aromatic heterocycles. The molecule has 2 rings (SSSR count). The summed E-state index contributed by atoms with van der Waals surface area (Å²) in [6.07, 6.45) is 1.37. The summed E-state index contributed by atoms with van der Waals surface area (Å²) in [6, 6.07) is 5.71. The second-order valence-electron chi connectivity index (χ2n) is 3.93. The summed E-state index contributed by atoms with van der Waals surface area (Å²) in [7, 11) is 0. The molecule has 0 amide bonds. The van der Waals surface area contributed by atoms with Crippen LogP contribution in [0, 0.1) is 6.92 Å². The number of hydrogen-bond donors (Lipinski definition) is 1. The Labute approximate surface area is 118 Å². The van der Waals surface area contributed by atoms with E-state index in [1.165, 1.54) is 10.9 Å². The van der Waals surface area contributed by atoms with Gasteiger partial charge >= 0.3 is 5.97 Å². The van der Waals surface area contributed by atoms with Crippen molar-refractivity contribution in [1.29, 1.82) is 0 Å². The molecule has 1 heterocycles. The molecule has 0 radical (unpaired) electrons. The first-order chi connectivity index (χ1) is 9.06. The van der Waals surface area contributed by atoms with Gasteiger partial charge < -0.3 is 9.84 Å². The van der Waals surface area contributed by atoms with Crippen LogP contribution in [0.15, 0.2) is 28.9 Å². The van der Waals surface area contributed by atoms with Crippen LogP contribution < -0.4 is 4.74 Å². The molecule has 19 heavy (non-hydrogen) atoms. The smallest absolute Gasteiger partial charge is 0.358 e. The number of nitrogens with zero attached hydrogens (tertiary/aromatic N) is 3. The van der Waals surface area contributed by atoms with Crippen LogP contribution >= 0.6 is 15.9 Å². The predicted molar refractivity (Wildman–Crippen MR) is 71.4 cm³/mol. The molecule has 1 aromatic carbocycles. The lowest BCUT2D eigenvalue weighted by atomic mass is 10.2. The zero-order valence-electron chi connectivity index (χ0n) is 10.2. The number of carboxylic acids is 1. The fourth-order valence-electron chi connectivity index (χ4n) is 1.47. The molecule has 7 heteroatoms. The number of halogens is 1. The molecule has 6 nitrogen and oxygen atoms in total. The standard InChI is InChI=1S/C12H12BrN3O3/c1-8-6-9(2-3-10(8)13)19-5-4-16-7-11(12(17)18)14-15-16/h2-3,6-7H,4-5H2,1H3,(H,17,18). The molecular formula is C12H12BrN3O3. The zero-order valence-corrected chi connectivity index (χ0v) is 11.8. The Morgan fingerprint density at radius 3 is 2.95 bits per heavy atom. The van der Waals surface area contributed by atoms with E-state index in [2.05, 4.69) is 26.2 Å². The number of rotatable bonds is 5. The molecule has 1 N–H and O–H groups in total. The lowest BCUT2D eigenvalue weighted by molar-refractivity contribution is 0.0690. The van der Waals surface area contributed by atoms with Crippen molar-refractivity contribution < 1.29 is 14.6 Å². The van der Waals surface area contributed by atoms with Gasteiger partial charge in [0.05, 0.1) is 12.7 Å². The highest BCUT2D eigenvalue weighted by molar-refractivity contribution is 9.10. The molecule has 0 aliphatic heterocycles. The second kappa shape index (κ2) is 5.83. The van der Waals surface area contributed by atoms with Gasteiger partial charge in [-0.25, -0.2) is 9.48 Å². The van der Waals surface area contributed by atoms with Crippen LogP contribution in [0.25, 0.3) is 0 Å². The average molecular weight is 326 g/mol. The lowest BCUT2D eigenvalue weighted by Crippen LogP contribution is -2.08. The van der Waals surface area contributed by atoms with Crippen molar-refractivity contribution in [2.24, 2.45) is 0 Å². The van der Waals surface area contributed by atoms with E-state index in [1.807, 2.05) is 25.1 Å². The third-order valence-corrected chi connectivity index (χ3v) is 3.37. The molecule has 0 spiro atoms. The Hall–Kier alpha value is -1.89. The Balaban J connectivity index is 1.88. The number of aryl methyl sites for hydroxylation is 1. The quantitative estimate of drug-likeness (QED) is 0.911. The third-order valence-electron chi connectivity index (χ3n) is 2.48. The molecule has 0 unspecified atom stereocenters. The molecule has 0 saturated heterocycles. The summed E-state index contributed by atoms with van der Waals surface area (Å²) >= 11 is 3.42. The maximum absolute atomic E-state index is 10.6. The van der Waals surface area contributed by atoms with E-state index in [4.69, 9.17) is 9.84 Å². The number of aromatic carboxylic acids is 1. The minimum absolute atomic E-state index is 0.0699. The van der Waals surface area contributed by atoms with Crippen molar-refractivity contribution in [3.63, 3.8) is 0 Å². The van der Waals surface area contributed by atoms with Crippen molar-refractivity contribution in [2.75, 3.05) is 6.61 Å². The minimum atomic E-state index is -1.09. The summed E-state index contributed by atoms with van der Waals surface area (Å²) in [5, 5.41) is 15.9. The van der Waals surface area contributed by atoms with Crippen molar-refractivity contribution >= 4 is 21.9 Å². The van der Waals surface area contributed by atoms with Crippen LogP contribution in [0.2, 0.25) is 0 Å². The van der Waals surface area contributed by atoms with Gasteiger partial charge in [-0.3, -0.25) is 0 Å². The van der Waals surface area contributed by atoms with E-state index < -0.39 is 5.97 Å². The largest absolute Gasteiger partial charge is 0.492 e. The Morgan fingerprint density at radius 1 is 1.53 bits per heavy atom. The maximum Gasteiger partial charge on any atom is 0.358 e. The van der Waals surface area contributed by atoms with Crippen LogP contribution in [0.1, 0.15) is 16.1 Å². The Morgan fingerprint density at radius 2 is 2.32 bits per heavy atom. The number of aromatic nitrogens is 3. The SMILES string of the molecule is Cc1cc(OCCn2cc(C(=O)O)nn2)ccc1Br. The van der Waals surface area contributed by atoms with Crippen molar-refractivity contribution in [1.82, 2.24) is 15.0 Å². The summed E-state index contributed by atoms with van der Waals surface area (Å²) < 4.78 is 8.03. The van der Waals surface area contributed by atoms with Crippen molar-refractivity contribution in [2.45, 2.75) is 13.5 Å². The van der Waals surface area contributed by atoms with Gasteiger partial charge in [0.15, 0.2) is 5.69 Å². The molecule has 0 aliphatic carbocycles. The maximum atomic E-state index is 10.6. The number of carbonyl (C=O) groups is 1. The number of ether oxygens (including phenoxy) is 1. The zero-order chi connectivity index (χ0) is 13.8. The monoisotopic (exact) mass is 325 g/mol. The van der Waals surface area contributed by atoms with Crippen molar-refractivity contribution in [3.8, 4) is 5.75 Å². The fourth-order valence-corrected chi connectivity index (χ4v) is 1.72. The summed E-state index contributed by atoms with van der Waals surface area (Å²) in [5.74, 6) is -0.324. The van der Waals surface area contributed by atoms with Crippen molar-refractivity contribution in [3.05, 3.63) is 40.1 Å². The molecule has 2 aromatic rings. The molecule has 0 atom stereocenters. The highest BCUT2D eigenvalue weighted by atomic mass is 79.9. The normalized spacial score (nSPS) is 10.4. The molecular weight excluding hydrogens is 314 g/mol. The van der Waals surface area contributed by atoms with Gasteiger partial charge in [0.2, 0.25) is 0 Å². The molecule has 0 saturated carbocycles. The van der Waals surface area contributed by atoms with Gasteiger partial charge in [0.1, 0.15) is 12.4 Å². The van der Waals surface area contributed by atoms with Crippen LogP contribution in [0.4, 0.5) is 0 Å². The van der Waals surface area contributed by atoms with Gasteiger partial charge in [-0.15, -0.1) is 5.10 Å². The van der Waals surface area contributed by atoms with Gasteiger partial charge in [-0.2, -0.15) is 0 Å². The molecule has 0 fully saturated rings. The molecule has 0 aliphatic rings. The first kappa shape index (κ1) is 13.5. The summed E-state index contributed by atoms with van der Waals surface area (Å²) in [5.41, 5.74) is 1.02. The topological polar surface area (TPSA) is 77.2 Å². The minimum Gasteiger partial charge on any atom is -0.492 e. The van der Waals surface area contributed by atoms with Crippen LogP contribution in [-0.2, 0) is 6.54 Å². The van der Waals surface area contributed by atoms with Crippen LogP contribution in [0.5, 0.6) is 5.75 Å². The van der Waals surface area contributed by atoms with Crippen LogP contribution in [-0.4, -0.2) is 32.7 Å². The predicted octanol–water partition coefficient (Wildman–Crippen LogP) is 2.13.